The lowest BCUT2D eigenvalue weighted by Crippen LogP contribution is -2.30. The van der Waals surface area contributed by atoms with E-state index in [0.717, 1.165) is 32.4 Å². The lowest BCUT2D eigenvalue weighted by Gasteiger charge is -2.28. The summed E-state index contributed by atoms with van der Waals surface area (Å²) in [7, 11) is 1.50. The number of nitrogens with zero attached hydrogens (tertiary/aromatic N) is 2. The predicted octanol–water partition coefficient (Wildman–Crippen LogP) is 4.50. The molecule has 1 heterocycles. The number of carbonyl (C=O) groups excluding carboxylic acids is 1. The van der Waals surface area contributed by atoms with Gasteiger partial charge in [0.05, 0.1) is 17.1 Å². The molecule has 0 aliphatic carbocycles. The minimum absolute atomic E-state index is 0.0580. The molecule has 27 heavy (non-hydrogen) atoms. The molecule has 0 saturated carbocycles. The van der Waals surface area contributed by atoms with Gasteiger partial charge in [0.1, 0.15) is 11.4 Å². The van der Waals surface area contributed by atoms with Crippen molar-refractivity contribution in [2.45, 2.75) is 19.3 Å². The molecule has 1 saturated heterocycles. The van der Waals surface area contributed by atoms with E-state index >= 15 is 0 Å². The van der Waals surface area contributed by atoms with Gasteiger partial charge >= 0.3 is 0 Å². The minimum Gasteiger partial charge on any atom is -0.495 e. The van der Waals surface area contributed by atoms with Crippen LogP contribution in [0, 0.1) is 10.1 Å². The third kappa shape index (κ3) is 4.31. The third-order valence-electron chi connectivity index (χ3n) is 4.54. The lowest BCUT2D eigenvalue weighted by molar-refractivity contribution is -0.384. The first-order valence-corrected chi connectivity index (χ1v) is 9.05. The van der Waals surface area contributed by atoms with Crippen LogP contribution in [0.3, 0.4) is 0 Å². The van der Waals surface area contributed by atoms with Gasteiger partial charge in [0.25, 0.3) is 11.6 Å². The topological polar surface area (TPSA) is 84.7 Å². The number of hydrogen-bond acceptors (Lipinski definition) is 5. The molecular formula is C19H20ClN3O4. The van der Waals surface area contributed by atoms with Crippen molar-refractivity contribution < 1.29 is 14.5 Å². The molecule has 0 radical (unpaired) electrons. The lowest BCUT2D eigenvalue weighted by atomic mass is 10.1. The van der Waals surface area contributed by atoms with Crippen molar-refractivity contribution in [3.63, 3.8) is 0 Å². The number of benzene rings is 2. The van der Waals surface area contributed by atoms with E-state index in [1.54, 1.807) is 30.3 Å². The van der Waals surface area contributed by atoms with Crippen LogP contribution in [0.1, 0.15) is 29.6 Å². The van der Waals surface area contributed by atoms with Gasteiger partial charge in [0, 0.05) is 30.4 Å². The molecule has 0 atom stereocenters. The maximum Gasteiger partial charge on any atom is 0.293 e. The van der Waals surface area contributed by atoms with Gasteiger partial charge < -0.3 is 15.0 Å². The number of anilines is 2. The monoisotopic (exact) mass is 389 g/mol. The summed E-state index contributed by atoms with van der Waals surface area (Å²) in [6, 6.07) is 9.44. The normalized spacial score (nSPS) is 13.9. The van der Waals surface area contributed by atoms with Crippen molar-refractivity contribution >= 4 is 34.6 Å². The van der Waals surface area contributed by atoms with Crippen LogP contribution in [0.4, 0.5) is 17.1 Å². The Morgan fingerprint density at radius 1 is 1.19 bits per heavy atom. The maximum atomic E-state index is 12.5. The Kier molecular flexibility index (Phi) is 5.81. The molecule has 3 rings (SSSR count). The first-order chi connectivity index (χ1) is 13.0. The van der Waals surface area contributed by atoms with E-state index in [2.05, 4.69) is 5.32 Å². The number of amides is 1. The third-order valence-corrected chi connectivity index (χ3v) is 4.84. The number of piperidine rings is 1. The Bertz CT molecular complexity index is 866. The molecule has 7 nitrogen and oxygen atoms in total. The van der Waals surface area contributed by atoms with Gasteiger partial charge in [0.15, 0.2) is 0 Å². The molecule has 1 fully saturated rings. The average molecular weight is 390 g/mol. The van der Waals surface area contributed by atoms with E-state index in [0.29, 0.717) is 22.1 Å². The van der Waals surface area contributed by atoms with Gasteiger partial charge in [-0.2, -0.15) is 0 Å². The molecule has 8 heteroatoms. The van der Waals surface area contributed by atoms with Crippen molar-refractivity contribution in [1.29, 1.82) is 0 Å². The fourth-order valence-electron chi connectivity index (χ4n) is 3.16. The maximum absolute atomic E-state index is 12.5. The van der Waals surface area contributed by atoms with E-state index in [1.165, 1.54) is 13.2 Å². The summed E-state index contributed by atoms with van der Waals surface area (Å²) in [5.74, 6) is 0.0562. The van der Waals surface area contributed by atoms with E-state index in [4.69, 9.17) is 16.3 Å². The summed E-state index contributed by atoms with van der Waals surface area (Å²) in [6.45, 7) is 1.58. The van der Waals surface area contributed by atoms with Crippen LogP contribution in [0.15, 0.2) is 36.4 Å². The smallest absolute Gasteiger partial charge is 0.293 e. The Morgan fingerprint density at radius 2 is 1.93 bits per heavy atom. The number of nitro benzene ring substituents is 1. The predicted molar refractivity (Wildman–Crippen MR) is 105 cm³/mol. The molecule has 1 aliphatic heterocycles. The standard InChI is InChI=1S/C19H20ClN3O4/c1-27-18-8-6-14(12-15(18)20)21-19(24)13-5-7-16(17(11-13)23(25)26)22-9-3-2-4-10-22/h5-8,11-12H,2-4,9-10H2,1H3,(H,21,24). The van der Waals surface area contributed by atoms with Gasteiger partial charge in [-0.3, -0.25) is 14.9 Å². The summed E-state index contributed by atoms with van der Waals surface area (Å²) in [5.41, 5.74) is 1.20. The van der Waals surface area contributed by atoms with Crippen LogP contribution in [-0.4, -0.2) is 31.0 Å². The molecule has 0 unspecified atom stereocenters. The van der Waals surface area contributed by atoms with Crippen molar-refractivity contribution in [3.8, 4) is 5.75 Å². The number of methoxy groups -OCH3 is 1. The van der Waals surface area contributed by atoms with Crippen molar-refractivity contribution in [1.82, 2.24) is 0 Å². The number of nitro groups is 1. The zero-order valence-corrected chi connectivity index (χ0v) is 15.7. The zero-order chi connectivity index (χ0) is 19.4. The Hall–Kier alpha value is -2.80. The molecule has 1 amide bonds. The van der Waals surface area contributed by atoms with E-state index < -0.39 is 10.8 Å². The van der Waals surface area contributed by atoms with Gasteiger partial charge in [0.2, 0.25) is 0 Å². The highest BCUT2D eigenvalue weighted by atomic mass is 35.5. The first-order valence-electron chi connectivity index (χ1n) is 8.68. The molecule has 0 spiro atoms. The number of carbonyl (C=O) groups is 1. The highest BCUT2D eigenvalue weighted by Crippen LogP contribution is 2.32. The summed E-state index contributed by atoms with van der Waals surface area (Å²) in [4.78, 5) is 25.6. The Labute approximate surface area is 162 Å². The summed E-state index contributed by atoms with van der Waals surface area (Å²) >= 11 is 6.06. The molecule has 0 bridgehead atoms. The number of rotatable bonds is 5. The SMILES string of the molecule is COc1ccc(NC(=O)c2ccc(N3CCCCC3)c([N+](=O)[O-])c2)cc1Cl. The van der Waals surface area contributed by atoms with E-state index in [9.17, 15) is 14.9 Å². The molecule has 0 aromatic heterocycles. The van der Waals surface area contributed by atoms with Gasteiger partial charge in [-0.15, -0.1) is 0 Å². The second kappa shape index (κ2) is 8.26. The minimum atomic E-state index is -0.440. The van der Waals surface area contributed by atoms with E-state index in [-0.39, 0.29) is 11.3 Å². The molecule has 2 aromatic rings. The van der Waals surface area contributed by atoms with Crippen LogP contribution in [0.25, 0.3) is 0 Å². The van der Waals surface area contributed by atoms with Gasteiger partial charge in [-0.25, -0.2) is 0 Å². The zero-order valence-electron chi connectivity index (χ0n) is 14.9. The Morgan fingerprint density at radius 3 is 2.56 bits per heavy atom. The molecular weight excluding hydrogens is 370 g/mol. The van der Waals surface area contributed by atoms with Gasteiger partial charge in [-0.1, -0.05) is 11.6 Å². The fraction of sp³-hybridized carbons (Fsp3) is 0.316. The van der Waals surface area contributed by atoms with E-state index in [1.807, 2.05) is 4.90 Å². The number of halogens is 1. The molecule has 2 aromatic carbocycles. The van der Waals surface area contributed by atoms with Crippen LogP contribution in [0.2, 0.25) is 5.02 Å². The van der Waals surface area contributed by atoms with Crippen molar-refractivity contribution in [2.24, 2.45) is 0 Å². The number of nitrogens with one attached hydrogen (secondary N) is 1. The summed E-state index contributed by atoms with van der Waals surface area (Å²) in [6.07, 6.45) is 3.16. The largest absolute Gasteiger partial charge is 0.495 e. The van der Waals surface area contributed by atoms with Gasteiger partial charge in [-0.05, 0) is 49.6 Å². The van der Waals surface area contributed by atoms with Crippen LogP contribution >= 0.6 is 11.6 Å². The average Bonchev–Trinajstić information content (AvgIpc) is 2.68. The summed E-state index contributed by atoms with van der Waals surface area (Å²) < 4.78 is 5.08. The van der Waals surface area contributed by atoms with Crippen molar-refractivity contribution in [2.75, 3.05) is 30.4 Å². The van der Waals surface area contributed by atoms with Crippen LogP contribution in [-0.2, 0) is 0 Å². The second-order valence-corrected chi connectivity index (χ2v) is 6.72. The number of ether oxygens (including phenoxy) is 1. The molecule has 1 aliphatic rings. The Balaban J connectivity index is 1.83. The molecule has 142 valence electrons. The highest BCUT2D eigenvalue weighted by Gasteiger charge is 2.23. The van der Waals surface area contributed by atoms with Crippen LogP contribution in [0.5, 0.6) is 5.75 Å². The molecule has 1 N–H and O–H groups in total. The number of hydrogen-bond donors (Lipinski definition) is 1. The van der Waals surface area contributed by atoms with Crippen LogP contribution < -0.4 is 15.0 Å². The first kappa shape index (κ1) is 19.0. The van der Waals surface area contributed by atoms with Crippen molar-refractivity contribution in [3.05, 3.63) is 57.1 Å². The highest BCUT2D eigenvalue weighted by molar-refractivity contribution is 6.32. The summed E-state index contributed by atoms with van der Waals surface area (Å²) in [5, 5.41) is 14.6. The fourth-order valence-corrected chi connectivity index (χ4v) is 3.42. The second-order valence-electron chi connectivity index (χ2n) is 6.31. The quantitative estimate of drug-likeness (QED) is 0.601.